The molecular formula is C25H26N2O4S. The summed E-state index contributed by atoms with van der Waals surface area (Å²) in [5.74, 6) is 0.150. The van der Waals surface area contributed by atoms with Crippen molar-refractivity contribution in [2.75, 3.05) is 14.2 Å². The van der Waals surface area contributed by atoms with E-state index >= 15 is 0 Å². The van der Waals surface area contributed by atoms with E-state index in [2.05, 4.69) is 10.6 Å². The normalized spacial score (nSPS) is 12.1. The number of carbonyl (C=O) groups is 2. The molecular weight excluding hydrogens is 424 g/mol. The number of hydrogen-bond acceptors (Lipinski definition) is 5. The molecule has 1 atom stereocenters. The minimum Gasteiger partial charge on any atom is -0.493 e. The number of amides is 2. The van der Waals surface area contributed by atoms with Crippen LogP contribution in [0.2, 0.25) is 0 Å². The summed E-state index contributed by atoms with van der Waals surface area (Å²) in [4.78, 5) is 26.9. The van der Waals surface area contributed by atoms with Gasteiger partial charge >= 0.3 is 0 Å². The third-order valence-corrected chi connectivity index (χ3v) is 5.71. The molecule has 0 spiro atoms. The van der Waals surface area contributed by atoms with Gasteiger partial charge in [-0.1, -0.05) is 35.9 Å². The number of ether oxygens (including phenoxy) is 2. The Morgan fingerprint density at radius 1 is 1.00 bits per heavy atom. The van der Waals surface area contributed by atoms with Crippen LogP contribution >= 0.6 is 11.3 Å². The molecule has 2 amide bonds. The molecule has 6 nitrogen and oxygen atoms in total. The first kappa shape index (κ1) is 23.1. The van der Waals surface area contributed by atoms with Gasteiger partial charge in [-0.3, -0.25) is 9.59 Å². The lowest BCUT2D eigenvalue weighted by Gasteiger charge is -2.17. The van der Waals surface area contributed by atoms with E-state index in [0.717, 1.165) is 16.0 Å². The molecule has 1 aromatic heterocycles. The standard InChI is InChI=1S/C25H26N2O4S/c1-16-7-9-18(10-8-16)17(2)26-25(29)21(15-20-6-5-13-32-20)27-24(28)19-11-12-22(30-3)23(14-19)31-4/h5-15,17H,1-4H3,(H,26,29)(H,27,28)/b21-15-/t17-/m0/s1. The number of thiophene rings is 1. The second-order valence-electron chi connectivity index (χ2n) is 7.20. The first-order valence-corrected chi connectivity index (χ1v) is 10.9. The Morgan fingerprint density at radius 2 is 1.72 bits per heavy atom. The van der Waals surface area contributed by atoms with Gasteiger partial charge in [-0.15, -0.1) is 11.3 Å². The van der Waals surface area contributed by atoms with Crippen molar-refractivity contribution >= 4 is 29.2 Å². The Bertz CT molecular complexity index is 1110. The monoisotopic (exact) mass is 450 g/mol. The third kappa shape index (κ3) is 5.76. The summed E-state index contributed by atoms with van der Waals surface area (Å²) in [7, 11) is 3.03. The first-order valence-electron chi connectivity index (χ1n) is 10.1. The Kier molecular flexibility index (Phi) is 7.68. The lowest BCUT2D eigenvalue weighted by molar-refractivity contribution is -0.118. The van der Waals surface area contributed by atoms with E-state index in [1.54, 1.807) is 24.3 Å². The molecule has 7 heteroatoms. The number of rotatable bonds is 8. The van der Waals surface area contributed by atoms with Gasteiger partial charge in [-0.05, 0) is 55.1 Å². The van der Waals surface area contributed by atoms with E-state index in [1.807, 2.05) is 55.6 Å². The van der Waals surface area contributed by atoms with Crippen LogP contribution in [0.15, 0.2) is 65.7 Å². The highest BCUT2D eigenvalue weighted by atomic mass is 32.1. The van der Waals surface area contributed by atoms with Crippen molar-refractivity contribution in [2.45, 2.75) is 19.9 Å². The highest BCUT2D eigenvalue weighted by Crippen LogP contribution is 2.27. The molecule has 0 aliphatic heterocycles. The van der Waals surface area contributed by atoms with Crippen LogP contribution < -0.4 is 20.1 Å². The zero-order valence-electron chi connectivity index (χ0n) is 18.5. The van der Waals surface area contributed by atoms with Crippen molar-refractivity contribution in [2.24, 2.45) is 0 Å². The number of aryl methyl sites for hydroxylation is 1. The molecule has 0 saturated carbocycles. The summed E-state index contributed by atoms with van der Waals surface area (Å²) >= 11 is 1.48. The van der Waals surface area contributed by atoms with Crippen molar-refractivity contribution in [3.8, 4) is 11.5 Å². The molecule has 0 aliphatic rings. The number of methoxy groups -OCH3 is 2. The minimum atomic E-state index is -0.424. The van der Waals surface area contributed by atoms with E-state index in [0.29, 0.717) is 17.1 Å². The topological polar surface area (TPSA) is 76.7 Å². The SMILES string of the molecule is COc1ccc(C(=O)N/C(=C\c2cccs2)C(=O)N[C@@H](C)c2ccc(C)cc2)cc1OC. The average Bonchev–Trinajstić information content (AvgIpc) is 3.31. The molecule has 2 aromatic carbocycles. The molecule has 166 valence electrons. The van der Waals surface area contributed by atoms with Crippen LogP contribution in [0.1, 0.15) is 39.3 Å². The van der Waals surface area contributed by atoms with Crippen molar-refractivity contribution in [1.29, 1.82) is 0 Å². The van der Waals surface area contributed by atoms with Crippen LogP contribution in [0.5, 0.6) is 11.5 Å². The van der Waals surface area contributed by atoms with Gasteiger partial charge in [-0.2, -0.15) is 0 Å². The quantitative estimate of drug-likeness (QED) is 0.487. The van der Waals surface area contributed by atoms with Crippen LogP contribution in [0.25, 0.3) is 6.08 Å². The maximum absolute atomic E-state index is 13.1. The third-order valence-electron chi connectivity index (χ3n) is 4.89. The first-order chi connectivity index (χ1) is 15.4. The summed E-state index contributed by atoms with van der Waals surface area (Å²) in [6.45, 7) is 3.92. The number of nitrogens with one attached hydrogen (secondary N) is 2. The Hall–Kier alpha value is -3.58. The summed E-state index contributed by atoms with van der Waals surface area (Å²) in [5.41, 5.74) is 2.63. The fourth-order valence-corrected chi connectivity index (χ4v) is 3.72. The fraction of sp³-hybridized carbons (Fsp3) is 0.200. The highest BCUT2D eigenvalue weighted by Gasteiger charge is 2.18. The number of benzene rings is 2. The van der Waals surface area contributed by atoms with Crippen LogP contribution in [-0.4, -0.2) is 26.0 Å². The molecule has 0 saturated heterocycles. The molecule has 1 heterocycles. The van der Waals surface area contributed by atoms with Crippen molar-refractivity contribution in [1.82, 2.24) is 10.6 Å². The minimum absolute atomic E-state index is 0.159. The van der Waals surface area contributed by atoms with Crippen molar-refractivity contribution in [3.63, 3.8) is 0 Å². The second kappa shape index (κ2) is 10.6. The lowest BCUT2D eigenvalue weighted by Crippen LogP contribution is -2.36. The summed E-state index contributed by atoms with van der Waals surface area (Å²) in [6, 6.07) is 16.3. The van der Waals surface area contributed by atoms with Gasteiger partial charge < -0.3 is 20.1 Å². The molecule has 2 N–H and O–H groups in total. The van der Waals surface area contributed by atoms with E-state index in [4.69, 9.17) is 9.47 Å². The zero-order valence-corrected chi connectivity index (χ0v) is 19.3. The summed E-state index contributed by atoms with van der Waals surface area (Å²) in [6.07, 6.45) is 1.67. The fourth-order valence-electron chi connectivity index (χ4n) is 3.06. The lowest BCUT2D eigenvalue weighted by atomic mass is 10.1. The maximum atomic E-state index is 13.1. The van der Waals surface area contributed by atoms with E-state index in [-0.39, 0.29) is 17.6 Å². The summed E-state index contributed by atoms with van der Waals surface area (Å²) < 4.78 is 10.5. The Balaban J connectivity index is 1.82. The molecule has 0 fully saturated rings. The predicted octanol–water partition coefficient (Wildman–Crippen LogP) is 4.72. The zero-order chi connectivity index (χ0) is 23.1. The molecule has 3 rings (SSSR count). The predicted molar refractivity (Wildman–Crippen MR) is 127 cm³/mol. The van der Waals surface area contributed by atoms with E-state index in [1.165, 1.54) is 25.6 Å². The van der Waals surface area contributed by atoms with Crippen LogP contribution in [0, 0.1) is 6.92 Å². The number of hydrogen-bond donors (Lipinski definition) is 2. The highest BCUT2D eigenvalue weighted by molar-refractivity contribution is 7.10. The largest absolute Gasteiger partial charge is 0.493 e. The second-order valence-corrected chi connectivity index (χ2v) is 8.18. The molecule has 0 bridgehead atoms. The van der Waals surface area contributed by atoms with Crippen molar-refractivity contribution < 1.29 is 19.1 Å². The van der Waals surface area contributed by atoms with Crippen LogP contribution in [0.3, 0.4) is 0 Å². The van der Waals surface area contributed by atoms with E-state index in [9.17, 15) is 9.59 Å². The van der Waals surface area contributed by atoms with Crippen LogP contribution in [0.4, 0.5) is 0 Å². The van der Waals surface area contributed by atoms with Gasteiger partial charge in [0.15, 0.2) is 11.5 Å². The van der Waals surface area contributed by atoms with Crippen molar-refractivity contribution in [3.05, 3.63) is 87.2 Å². The molecule has 0 radical (unpaired) electrons. The molecule has 3 aromatic rings. The molecule has 0 aliphatic carbocycles. The van der Waals surface area contributed by atoms with Crippen LogP contribution in [-0.2, 0) is 4.79 Å². The average molecular weight is 451 g/mol. The van der Waals surface area contributed by atoms with Gasteiger partial charge in [0.2, 0.25) is 0 Å². The molecule has 32 heavy (non-hydrogen) atoms. The Labute approximate surface area is 191 Å². The van der Waals surface area contributed by atoms with E-state index < -0.39 is 5.91 Å². The smallest absolute Gasteiger partial charge is 0.268 e. The molecule has 0 unspecified atom stereocenters. The Morgan fingerprint density at radius 3 is 2.34 bits per heavy atom. The number of carbonyl (C=O) groups excluding carboxylic acids is 2. The van der Waals surface area contributed by atoms with Gasteiger partial charge in [0.25, 0.3) is 11.8 Å². The maximum Gasteiger partial charge on any atom is 0.268 e. The summed E-state index contributed by atoms with van der Waals surface area (Å²) in [5, 5.41) is 7.62. The van der Waals surface area contributed by atoms with Gasteiger partial charge in [0.05, 0.1) is 20.3 Å². The van der Waals surface area contributed by atoms with Gasteiger partial charge in [0, 0.05) is 10.4 Å². The van der Waals surface area contributed by atoms with Gasteiger partial charge in [-0.25, -0.2) is 0 Å². The van der Waals surface area contributed by atoms with Gasteiger partial charge in [0.1, 0.15) is 5.70 Å².